The van der Waals surface area contributed by atoms with Gasteiger partial charge in [0.05, 0.1) is 6.10 Å². The van der Waals surface area contributed by atoms with E-state index in [1.165, 1.54) is 6.92 Å². The van der Waals surface area contributed by atoms with E-state index in [-0.39, 0.29) is 18.3 Å². The van der Waals surface area contributed by atoms with E-state index in [9.17, 15) is 9.59 Å². The summed E-state index contributed by atoms with van der Waals surface area (Å²) in [5.74, 6) is -1.37. The van der Waals surface area contributed by atoms with Crippen LogP contribution < -0.4 is 0 Å². The van der Waals surface area contributed by atoms with Gasteiger partial charge in [-0.25, -0.2) is 9.59 Å². The van der Waals surface area contributed by atoms with Crippen molar-refractivity contribution in [2.75, 3.05) is 13.7 Å². The summed E-state index contributed by atoms with van der Waals surface area (Å²) >= 11 is 0. The number of esters is 1. The number of hydrogen-bond acceptors (Lipinski definition) is 7. The van der Waals surface area contributed by atoms with Crippen LogP contribution in [0.1, 0.15) is 33.6 Å². The number of rotatable bonds is 14. The van der Waals surface area contributed by atoms with Crippen LogP contribution in [-0.2, 0) is 31.7 Å². The molecule has 0 aliphatic carbocycles. The molecule has 0 saturated carbocycles. The predicted molar refractivity (Wildman–Crippen MR) is 135 cm³/mol. The molecule has 2 unspecified atom stereocenters. The number of hydrogen-bond donors (Lipinski definition) is 1. The summed E-state index contributed by atoms with van der Waals surface area (Å²) < 4.78 is 29.7. The van der Waals surface area contributed by atoms with E-state index in [0.29, 0.717) is 5.57 Å². The van der Waals surface area contributed by atoms with Gasteiger partial charge in [0, 0.05) is 18.3 Å². The highest BCUT2D eigenvalue weighted by Gasteiger charge is 2.35. The zero-order valence-corrected chi connectivity index (χ0v) is 24.7. The SMILES string of the molecule is C=C(C)C(=O)O.C=C(C)C(=O)OCC(O[SiH](O[Si](C)(C)C)O[Si](C)(C)C)C(CCC)OC. The molecular formula is C21H44O8Si3. The minimum absolute atomic E-state index is 0.0951. The zero-order valence-electron chi connectivity index (χ0n) is 21.6. The Kier molecular flexibility index (Phi) is 16.2. The molecule has 0 aliphatic rings. The molecule has 188 valence electrons. The lowest BCUT2D eigenvalue weighted by Gasteiger charge is -2.34. The van der Waals surface area contributed by atoms with Gasteiger partial charge in [0.2, 0.25) is 0 Å². The Labute approximate surface area is 198 Å². The maximum absolute atomic E-state index is 11.8. The summed E-state index contributed by atoms with van der Waals surface area (Å²) in [5, 5.41) is 7.89. The van der Waals surface area contributed by atoms with E-state index in [1.54, 1.807) is 14.0 Å². The molecule has 0 aromatic heterocycles. The molecular weight excluding hydrogens is 464 g/mol. The third-order valence-electron chi connectivity index (χ3n) is 3.57. The molecule has 8 nitrogen and oxygen atoms in total. The Bertz CT molecular complexity index is 583. The molecule has 32 heavy (non-hydrogen) atoms. The summed E-state index contributed by atoms with van der Waals surface area (Å²) in [6.45, 7) is 24.7. The lowest BCUT2D eigenvalue weighted by Crippen LogP contribution is -2.49. The number of methoxy groups -OCH3 is 1. The molecule has 1 N–H and O–H groups in total. The van der Waals surface area contributed by atoms with Crippen LogP contribution in [0.15, 0.2) is 24.3 Å². The van der Waals surface area contributed by atoms with Crippen LogP contribution in [0.4, 0.5) is 0 Å². The molecule has 0 radical (unpaired) electrons. The molecule has 11 heteroatoms. The van der Waals surface area contributed by atoms with Crippen molar-refractivity contribution in [3.8, 4) is 0 Å². The van der Waals surface area contributed by atoms with Crippen molar-refractivity contribution in [3.05, 3.63) is 24.3 Å². The van der Waals surface area contributed by atoms with Crippen molar-refractivity contribution in [1.29, 1.82) is 0 Å². The average Bonchev–Trinajstić information content (AvgIpc) is 2.60. The quantitative estimate of drug-likeness (QED) is 0.210. The summed E-state index contributed by atoms with van der Waals surface area (Å²) in [7, 11) is -4.43. The first-order valence-electron chi connectivity index (χ1n) is 10.7. The van der Waals surface area contributed by atoms with Gasteiger partial charge in [-0.2, -0.15) is 0 Å². The molecule has 0 spiro atoms. The number of carbonyl (C=O) groups is 2. The molecule has 0 bridgehead atoms. The van der Waals surface area contributed by atoms with Crippen LogP contribution in [0.3, 0.4) is 0 Å². The number of carboxylic acids is 1. The van der Waals surface area contributed by atoms with Crippen LogP contribution in [0, 0.1) is 0 Å². The van der Waals surface area contributed by atoms with Crippen molar-refractivity contribution >= 4 is 38.1 Å². The Morgan fingerprint density at radius 2 is 1.38 bits per heavy atom. The van der Waals surface area contributed by atoms with Gasteiger partial charge in [-0.15, -0.1) is 0 Å². The molecule has 0 fully saturated rings. The standard InChI is InChI=1S/C17H38O6Si3.C4H6O2/c1-11-12-15(19-4)16(13-20-17(18)14(2)3)21-24(22-25(5,6)7)23-26(8,9)10;1-3(2)4(5)6/h15-16,24H,2,11-13H2,1,3-10H3;1H2,2H3,(H,5,6). The molecule has 0 saturated heterocycles. The molecule has 0 heterocycles. The first-order chi connectivity index (χ1) is 14.4. The second-order valence-corrected chi connectivity index (χ2v) is 20.6. The third kappa shape index (κ3) is 18.5. The molecule has 0 rings (SSSR count). The van der Waals surface area contributed by atoms with E-state index in [4.69, 9.17) is 27.2 Å². The maximum atomic E-state index is 11.8. The Morgan fingerprint density at radius 3 is 1.66 bits per heavy atom. The predicted octanol–water partition coefficient (Wildman–Crippen LogP) is 4.37. The van der Waals surface area contributed by atoms with Crippen molar-refractivity contribution in [2.24, 2.45) is 0 Å². The van der Waals surface area contributed by atoms with Gasteiger partial charge in [0.25, 0.3) is 0 Å². The van der Waals surface area contributed by atoms with Gasteiger partial charge in [-0.05, 0) is 59.6 Å². The first-order valence-corrected chi connectivity index (χ1v) is 18.9. The second-order valence-electron chi connectivity index (χ2n) is 9.45. The molecule has 0 aliphatic heterocycles. The van der Waals surface area contributed by atoms with Crippen LogP contribution in [0.25, 0.3) is 0 Å². The van der Waals surface area contributed by atoms with Crippen molar-refractivity contribution in [2.45, 2.75) is 85.1 Å². The minimum Gasteiger partial charge on any atom is -0.478 e. The normalized spacial score (nSPS) is 13.6. The lowest BCUT2D eigenvalue weighted by atomic mass is 10.1. The Balaban J connectivity index is 0. The minimum atomic E-state index is -2.39. The maximum Gasteiger partial charge on any atom is 0.463 e. The van der Waals surface area contributed by atoms with Crippen molar-refractivity contribution < 1.29 is 36.8 Å². The van der Waals surface area contributed by atoms with Crippen LogP contribution in [0.5, 0.6) is 0 Å². The summed E-state index contributed by atoms with van der Waals surface area (Å²) in [6.07, 6.45) is 1.12. The largest absolute Gasteiger partial charge is 0.478 e. The number of carbonyl (C=O) groups excluding carboxylic acids is 1. The molecule has 2 atom stereocenters. The first kappa shape index (κ1) is 33.1. The average molecular weight is 509 g/mol. The highest BCUT2D eigenvalue weighted by atomic mass is 28.5. The van der Waals surface area contributed by atoms with E-state index in [0.717, 1.165) is 12.8 Å². The van der Waals surface area contributed by atoms with Crippen LogP contribution >= 0.6 is 0 Å². The summed E-state index contributed by atoms with van der Waals surface area (Å²) in [5.41, 5.74) is 0.536. The smallest absolute Gasteiger partial charge is 0.463 e. The molecule has 0 aromatic carbocycles. The fourth-order valence-corrected chi connectivity index (χ4v) is 8.28. The van der Waals surface area contributed by atoms with E-state index in [1.807, 2.05) is 0 Å². The highest BCUT2D eigenvalue weighted by Crippen LogP contribution is 2.18. The van der Waals surface area contributed by atoms with Crippen molar-refractivity contribution in [3.63, 3.8) is 0 Å². The van der Waals surface area contributed by atoms with Gasteiger partial charge >= 0.3 is 21.5 Å². The summed E-state index contributed by atoms with van der Waals surface area (Å²) in [4.78, 5) is 21.4. The fraction of sp³-hybridized carbons (Fsp3) is 0.714. The van der Waals surface area contributed by atoms with E-state index in [2.05, 4.69) is 59.4 Å². The lowest BCUT2D eigenvalue weighted by molar-refractivity contribution is -0.145. The second kappa shape index (κ2) is 15.7. The van der Waals surface area contributed by atoms with Gasteiger partial charge in [0.1, 0.15) is 12.7 Å². The topological polar surface area (TPSA) is 101 Å². The number of aliphatic carboxylic acids is 1. The third-order valence-corrected chi connectivity index (χ3v) is 11.3. The van der Waals surface area contributed by atoms with Gasteiger partial charge in [-0.3, -0.25) is 0 Å². The fourth-order valence-electron chi connectivity index (χ4n) is 2.05. The number of ether oxygens (including phenoxy) is 2. The van der Waals surface area contributed by atoms with Crippen LogP contribution in [0.2, 0.25) is 39.3 Å². The van der Waals surface area contributed by atoms with E-state index < -0.39 is 44.2 Å². The van der Waals surface area contributed by atoms with Gasteiger partial charge in [0.15, 0.2) is 16.6 Å². The number of carboxylic acid groups (broad SMARTS) is 1. The zero-order chi connectivity index (χ0) is 25.7. The Morgan fingerprint density at radius 1 is 0.938 bits per heavy atom. The van der Waals surface area contributed by atoms with E-state index >= 15 is 0 Å². The molecule has 0 amide bonds. The van der Waals surface area contributed by atoms with Crippen LogP contribution in [-0.4, -0.2) is 69.1 Å². The Hall–Kier alpha value is -1.09. The molecule has 0 aromatic rings. The monoisotopic (exact) mass is 508 g/mol. The van der Waals surface area contributed by atoms with Gasteiger partial charge < -0.3 is 27.2 Å². The highest BCUT2D eigenvalue weighted by molar-refractivity contribution is 6.79. The van der Waals surface area contributed by atoms with Crippen molar-refractivity contribution in [1.82, 2.24) is 0 Å². The summed E-state index contributed by atoms with van der Waals surface area (Å²) in [6, 6.07) is 0. The van der Waals surface area contributed by atoms with Gasteiger partial charge in [-0.1, -0.05) is 26.5 Å².